The van der Waals surface area contributed by atoms with E-state index in [4.69, 9.17) is 4.74 Å². The molecular weight excluding hydrogens is 367 g/mol. The van der Waals surface area contributed by atoms with Gasteiger partial charge in [-0.2, -0.15) is 0 Å². The molecule has 8 heteroatoms. The lowest BCUT2D eigenvalue weighted by atomic mass is 10.2. The summed E-state index contributed by atoms with van der Waals surface area (Å²) >= 11 is 1.28. The van der Waals surface area contributed by atoms with Gasteiger partial charge in [0.1, 0.15) is 11.6 Å². The summed E-state index contributed by atoms with van der Waals surface area (Å²) in [5, 5.41) is 11.8. The smallest absolute Gasteiger partial charge is 0.234 e. The zero-order valence-corrected chi connectivity index (χ0v) is 16.0. The number of carbonyl (C=O) groups is 1. The highest BCUT2D eigenvalue weighted by Crippen LogP contribution is 2.25. The van der Waals surface area contributed by atoms with Gasteiger partial charge < -0.3 is 14.6 Å². The van der Waals surface area contributed by atoms with Crippen LogP contribution in [0.2, 0.25) is 0 Å². The number of methoxy groups -OCH3 is 1. The van der Waals surface area contributed by atoms with Crippen molar-refractivity contribution < 1.29 is 13.9 Å². The van der Waals surface area contributed by atoms with Gasteiger partial charge in [0.15, 0.2) is 11.0 Å². The Bertz CT molecular complexity index is 974. The summed E-state index contributed by atoms with van der Waals surface area (Å²) in [6.45, 7) is 1.74. The molecule has 0 unspecified atom stereocenters. The fraction of sp³-hybridized carbons (Fsp3) is 0.211. The number of anilines is 1. The molecule has 0 aliphatic carbocycles. The molecule has 3 aromatic rings. The predicted molar refractivity (Wildman–Crippen MR) is 103 cm³/mol. The number of nitrogens with zero attached hydrogens (tertiary/aromatic N) is 3. The van der Waals surface area contributed by atoms with E-state index in [2.05, 4.69) is 15.5 Å². The summed E-state index contributed by atoms with van der Waals surface area (Å²) in [7, 11) is 3.46. The predicted octanol–water partition coefficient (Wildman–Crippen LogP) is 3.67. The zero-order valence-electron chi connectivity index (χ0n) is 15.2. The maximum atomic E-state index is 13.1. The Morgan fingerprint density at radius 2 is 2.07 bits per heavy atom. The lowest BCUT2D eigenvalue weighted by molar-refractivity contribution is -0.113. The van der Waals surface area contributed by atoms with Crippen molar-refractivity contribution in [2.45, 2.75) is 12.1 Å². The molecular formula is C19H19FN4O2S. The highest BCUT2D eigenvalue weighted by Gasteiger charge is 2.14. The largest absolute Gasteiger partial charge is 0.497 e. The van der Waals surface area contributed by atoms with Crippen LogP contribution in [-0.2, 0) is 11.8 Å². The number of nitrogens with one attached hydrogen (secondary N) is 1. The molecule has 0 atom stereocenters. The van der Waals surface area contributed by atoms with Crippen LogP contribution in [0.3, 0.4) is 0 Å². The van der Waals surface area contributed by atoms with Crippen molar-refractivity contribution in [1.82, 2.24) is 14.8 Å². The third kappa shape index (κ3) is 4.46. The van der Waals surface area contributed by atoms with E-state index in [0.29, 0.717) is 22.2 Å². The molecule has 0 fully saturated rings. The highest BCUT2D eigenvalue weighted by atomic mass is 32.2. The number of aryl methyl sites for hydroxylation is 1. The van der Waals surface area contributed by atoms with Gasteiger partial charge in [-0.1, -0.05) is 23.9 Å². The maximum absolute atomic E-state index is 13.1. The lowest BCUT2D eigenvalue weighted by Crippen LogP contribution is -2.15. The van der Waals surface area contributed by atoms with Crippen LogP contribution in [-0.4, -0.2) is 33.5 Å². The molecule has 0 spiro atoms. The summed E-state index contributed by atoms with van der Waals surface area (Å²) in [5.41, 5.74) is 2.15. The molecule has 2 aromatic carbocycles. The molecule has 0 aliphatic heterocycles. The van der Waals surface area contributed by atoms with Gasteiger partial charge in [-0.25, -0.2) is 4.39 Å². The molecule has 0 bridgehead atoms. The zero-order chi connectivity index (χ0) is 19.4. The Kier molecular flexibility index (Phi) is 5.75. The molecule has 27 heavy (non-hydrogen) atoms. The topological polar surface area (TPSA) is 69.0 Å². The molecule has 3 rings (SSSR count). The normalized spacial score (nSPS) is 10.7. The van der Waals surface area contributed by atoms with Crippen molar-refractivity contribution in [1.29, 1.82) is 0 Å². The Hall–Kier alpha value is -2.87. The summed E-state index contributed by atoms with van der Waals surface area (Å²) in [6.07, 6.45) is 0. The van der Waals surface area contributed by atoms with Gasteiger partial charge in [-0.3, -0.25) is 4.79 Å². The molecule has 6 nitrogen and oxygen atoms in total. The van der Waals surface area contributed by atoms with E-state index >= 15 is 0 Å². The van der Waals surface area contributed by atoms with Gasteiger partial charge in [-0.05, 0) is 42.8 Å². The average molecular weight is 386 g/mol. The first-order valence-electron chi connectivity index (χ1n) is 8.20. The minimum Gasteiger partial charge on any atom is -0.497 e. The first-order valence-corrected chi connectivity index (χ1v) is 9.19. The van der Waals surface area contributed by atoms with Gasteiger partial charge >= 0.3 is 0 Å². The second-order valence-electron chi connectivity index (χ2n) is 5.89. The summed E-state index contributed by atoms with van der Waals surface area (Å²) < 4.78 is 20.2. The molecule has 0 saturated carbocycles. The van der Waals surface area contributed by atoms with Crippen molar-refractivity contribution >= 4 is 23.4 Å². The van der Waals surface area contributed by atoms with Gasteiger partial charge in [-0.15, -0.1) is 10.2 Å². The van der Waals surface area contributed by atoms with E-state index in [1.165, 1.54) is 23.9 Å². The van der Waals surface area contributed by atoms with Crippen molar-refractivity contribution in [2.24, 2.45) is 7.05 Å². The number of halogens is 1. The van der Waals surface area contributed by atoms with Crippen LogP contribution >= 0.6 is 11.8 Å². The number of carbonyl (C=O) groups excluding carboxylic acids is 1. The molecule has 0 saturated heterocycles. The molecule has 140 valence electrons. The van der Waals surface area contributed by atoms with Crippen LogP contribution < -0.4 is 10.1 Å². The Morgan fingerprint density at radius 1 is 1.26 bits per heavy atom. The first kappa shape index (κ1) is 18.9. The third-order valence-electron chi connectivity index (χ3n) is 3.96. The summed E-state index contributed by atoms with van der Waals surface area (Å²) in [4.78, 5) is 12.2. The molecule has 0 radical (unpaired) electrons. The number of rotatable bonds is 6. The van der Waals surface area contributed by atoms with E-state index in [-0.39, 0.29) is 17.5 Å². The van der Waals surface area contributed by atoms with Crippen LogP contribution in [0.4, 0.5) is 10.1 Å². The SMILES string of the molecule is COc1cccc(-c2nnc(SCC(=O)Nc3ccc(F)cc3C)n2C)c1. The molecule has 0 aliphatic rings. The average Bonchev–Trinajstić information content (AvgIpc) is 3.03. The second-order valence-corrected chi connectivity index (χ2v) is 6.84. The molecule has 1 heterocycles. The van der Waals surface area contributed by atoms with E-state index in [1.807, 2.05) is 35.9 Å². The van der Waals surface area contributed by atoms with E-state index in [9.17, 15) is 9.18 Å². The minimum atomic E-state index is -0.330. The Balaban J connectivity index is 1.66. The van der Waals surface area contributed by atoms with E-state index in [1.54, 1.807) is 20.1 Å². The maximum Gasteiger partial charge on any atom is 0.234 e. The summed E-state index contributed by atoms with van der Waals surface area (Å²) in [5.74, 6) is 1.07. The van der Waals surface area contributed by atoms with Crippen LogP contribution in [0.1, 0.15) is 5.56 Å². The summed E-state index contributed by atoms with van der Waals surface area (Å²) in [6, 6.07) is 11.8. The van der Waals surface area contributed by atoms with Crippen LogP contribution in [0, 0.1) is 12.7 Å². The van der Waals surface area contributed by atoms with Crippen molar-refractivity contribution in [3.05, 3.63) is 53.8 Å². The first-order chi connectivity index (χ1) is 13.0. The van der Waals surface area contributed by atoms with Gasteiger partial charge in [0.05, 0.1) is 12.9 Å². The Labute approximate surface area is 160 Å². The van der Waals surface area contributed by atoms with E-state index in [0.717, 1.165) is 11.3 Å². The highest BCUT2D eigenvalue weighted by molar-refractivity contribution is 7.99. The minimum absolute atomic E-state index is 0.168. The van der Waals surface area contributed by atoms with Crippen molar-refractivity contribution in [3.63, 3.8) is 0 Å². The number of thioether (sulfide) groups is 1. The number of benzene rings is 2. The van der Waals surface area contributed by atoms with Gasteiger partial charge in [0, 0.05) is 18.3 Å². The van der Waals surface area contributed by atoms with E-state index < -0.39 is 0 Å². The number of hydrogen-bond acceptors (Lipinski definition) is 5. The van der Waals surface area contributed by atoms with Gasteiger partial charge in [0.25, 0.3) is 0 Å². The number of aromatic nitrogens is 3. The van der Waals surface area contributed by atoms with Crippen LogP contribution in [0.15, 0.2) is 47.6 Å². The molecule has 1 aromatic heterocycles. The molecule has 1 amide bonds. The van der Waals surface area contributed by atoms with Gasteiger partial charge in [0.2, 0.25) is 5.91 Å². The third-order valence-corrected chi connectivity index (χ3v) is 4.98. The van der Waals surface area contributed by atoms with Crippen LogP contribution in [0.25, 0.3) is 11.4 Å². The quantitative estimate of drug-likeness (QED) is 0.655. The number of hydrogen-bond donors (Lipinski definition) is 1. The van der Waals surface area contributed by atoms with Crippen LogP contribution in [0.5, 0.6) is 5.75 Å². The molecule has 1 N–H and O–H groups in total. The monoisotopic (exact) mass is 386 g/mol. The lowest BCUT2D eigenvalue weighted by Gasteiger charge is -2.08. The fourth-order valence-electron chi connectivity index (χ4n) is 2.54. The van der Waals surface area contributed by atoms with Crippen molar-refractivity contribution in [3.8, 4) is 17.1 Å². The number of amides is 1. The Morgan fingerprint density at radius 3 is 2.81 bits per heavy atom. The second kappa shape index (κ2) is 8.22. The van der Waals surface area contributed by atoms with Crippen molar-refractivity contribution in [2.75, 3.05) is 18.2 Å². The fourth-order valence-corrected chi connectivity index (χ4v) is 3.25. The number of ether oxygens (including phenoxy) is 1. The standard InChI is InChI=1S/C19H19FN4O2S/c1-12-9-14(20)7-8-16(12)21-17(25)11-27-19-23-22-18(24(19)2)13-5-4-6-15(10-13)26-3/h4-10H,11H2,1-3H3,(H,21,25).